The normalized spacial score (nSPS) is 18.5. The molecule has 2 N–H and O–H groups in total. The van der Waals surface area contributed by atoms with Crippen LogP contribution in [-0.2, 0) is 9.53 Å². The van der Waals surface area contributed by atoms with E-state index >= 15 is 0 Å². The molecule has 1 fully saturated rings. The molecule has 2 aliphatic rings. The van der Waals surface area contributed by atoms with Gasteiger partial charge in [-0.05, 0) is 36.8 Å². The SMILES string of the molecule is CC[C@H](C(=O)NCCOC)[C@@H]1CN(C2=Nc3cc(Cl)ccc3Oc3ccccc32)CCN1. The standard InChI is InChI=1S/C24H29ClN4O3/c1-3-17(24(30)27-11-13-31-2)20-15-29(12-10-26-20)23-18-6-4-5-7-21(18)32-22-9-8-16(25)14-19(22)28-23/h4-9,14,17,20,26H,3,10-13,15H2,1-2H3,(H,27,30)/t17-,20-/m0/s1. The van der Waals surface area contributed by atoms with E-state index in [9.17, 15) is 4.79 Å². The molecule has 170 valence electrons. The van der Waals surface area contributed by atoms with Crippen LogP contribution in [0.15, 0.2) is 47.5 Å². The molecule has 0 aromatic heterocycles. The number of fused-ring (bicyclic) bond motifs is 2. The molecule has 0 aliphatic carbocycles. The summed E-state index contributed by atoms with van der Waals surface area (Å²) in [7, 11) is 1.63. The fraction of sp³-hybridized carbons (Fsp3) is 0.417. The zero-order valence-corrected chi connectivity index (χ0v) is 19.2. The molecule has 2 atom stereocenters. The second-order valence-electron chi connectivity index (χ2n) is 7.95. The van der Waals surface area contributed by atoms with E-state index in [1.165, 1.54) is 0 Å². The number of amides is 1. The van der Waals surface area contributed by atoms with Crippen molar-refractivity contribution in [2.75, 3.05) is 39.9 Å². The maximum absolute atomic E-state index is 12.8. The van der Waals surface area contributed by atoms with Crippen LogP contribution >= 0.6 is 11.6 Å². The highest BCUT2D eigenvalue weighted by molar-refractivity contribution is 6.31. The number of benzene rings is 2. The van der Waals surface area contributed by atoms with E-state index in [0.717, 1.165) is 36.7 Å². The zero-order chi connectivity index (χ0) is 22.5. The Labute approximate surface area is 193 Å². The first kappa shape index (κ1) is 22.6. The number of nitrogens with zero attached hydrogens (tertiary/aromatic N) is 2. The largest absolute Gasteiger partial charge is 0.454 e. The molecule has 2 aliphatic heterocycles. The van der Waals surface area contributed by atoms with Crippen molar-refractivity contribution in [1.29, 1.82) is 0 Å². The van der Waals surface area contributed by atoms with E-state index in [1.807, 2.05) is 43.3 Å². The fourth-order valence-electron chi connectivity index (χ4n) is 4.24. The van der Waals surface area contributed by atoms with Gasteiger partial charge in [0.2, 0.25) is 5.91 Å². The van der Waals surface area contributed by atoms with Crippen molar-refractivity contribution in [2.45, 2.75) is 19.4 Å². The van der Waals surface area contributed by atoms with Gasteiger partial charge < -0.3 is 25.0 Å². The number of carbonyl (C=O) groups is 1. The Hall–Kier alpha value is -2.61. The summed E-state index contributed by atoms with van der Waals surface area (Å²) in [5, 5.41) is 7.13. The van der Waals surface area contributed by atoms with Gasteiger partial charge in [0.15, 0.2) is 5.75 Å². The molecule has 4 rings (SSSR count). The lowest BCUT2D eigenvalue weighted by Gasteiger charge is -2.38. The van der Waals surface area contributed by atoms with Crippen LogP contribution in [0.5, 0.6) is 11.5 Å². The molecule has 8 heteroatoms. The van der Waals surface area contributed by atoms with Crippen molar-refractivity contribution in [3.8, 4) is 11.5 Å². The van der Waals surface area contributed by atoms with Crippen LogP contribution in [0.3, 0.4) is 0 Å². The molecule has 0 unspecified atom stereocenters. The topological polar surface area (TPSA) is 75.2 Å². The second kappa shape index (κ2) is 10.3. The van der Waals surface area contributed by atoms with Gasteiger partial charge in [0.1, 0.15) is 17.3 Å². The van der Waals surface area contributed by atoms with E-state index in [0.29, 0.717) is 36.2 Å². The smallest absolute Gasteiger partial charge is 0.224 e. The molecule has 1 saturated heterocycles. The second-order valence-corrected chi connectivity index (χ2v) is 8.39. The predicted molar refractivity (Wildman–Crippen MR) is 126 cm³/mol. The Bertz CT molecular complexity index is 997. The van der Waals surface area contributed by atoms with Gasteiger partial charge in [-0.1, -0.05) is 30.7 Å². The summed E-state index contributed by atoms with van der Waals surface area (Å²) >= 11 is 6.24. The van der Waals surface area contributed by atoms with Gasteiger partial charge in [0.05, 0.1) is 18.1 Å². The molecule has 0 radical (unpaired) electrons. The maximum Gasteiger partial charge on any atom is 0.224 e. The lowest BCUT2D eigenvalue weighted by atomic mass is 9.93. The summed E-state index contributed by atoms with van der Waals surface area (Å²) in [6.07, 6.45) is 0.745. The average Bonchev–Trinajstić information content (AvgIpc) is 2.96. The van der Waals surface area contributed by atoms with E-state index in [1.54, 1.807) is 13.2 Å². The number of carbonyl (C=O) groups excluding carboxylic acids is 1. The lowest BCUT2D eigenvalue weighted by Crippen LogP contribution is -2.58. The Kier molecular flexibility index (Phi) is 7.29. The highest BCUT2D eigenvalue weighted by Gasteiger charge is 2.33. The molecule has 1 amide bonds. The third-order valence-electron chi connectivity index (χ3n) is 5.87. The van der Waals surface area contributed by atoms with Crippen molar-refractivity contribution >= 4 is 29.0 Å². The van der Waals surface area contributed by atoms with E-state index in [4.69, 9.17) is 26.1 Å². The molecule has 2 aromatic rings. The van der Waals surface area contributed by atoms with Gasteiger partial charge in [-0.2, -0.15) is 0 Å². The van der Waals surface area contributed by atoms with Crippen molar-refractivity contribution in [3.05, 3.63) is 53.1 Å². The van der Waals surface area contributed by atoms with Crippen molar-refractivity contribution in [2.24, 2.45) is 10.9 Å². The average molecular weight is 457 g/mol. The molecule has 7 nitrogen and oxygen atoms in total. The number of aliphatic imine (C=N–C) groups is 1. The number of ether oxygens (including phenoxy) is 2. The molecule has 0 bridgehead atoms. The number of nitrogens with one attached hydrogen (secondary N) is 2. The number of methoxy groups -OCH3 is 1. The number of piperazine rings is 1. The van der Waals surface area contributed by atoms with Crippen molar-refractivity contribution in [1.82, 2.24) is 15.5 Å². The van der Waals surface area contributed by atoms with Crippen LogP contribution in [0.25, 0.3) is 0 Å². The Morgan fingerprint density at radius 3 is 3.00 bits per heavy atom. The number of hydrogen-bond acceptors (Lipinski definition) is 6. The van der Waals surface area contributed by atoms with Gasteiger partial charge in [0, 0.05) is 44.4 Å². The fourth-order valence-corrected chi connectivity index (χ4v) is 4.40. The van der Waals surface area contributed by atoms with E-state index < -0.39 is 0 Å². The molecule has 2 heterocycles. The Balaban J connectivity index is 1.62. The zero-order valence-electron chi connectivity index (χ0n) is 18.4. The van der Waals surface area contributed by atoms with E-state index in [2.05, 4.69) is 15.5 Å². The number of halogens is 1. The summed E-state index contributed by atoms with van der Waals surface area (Å²) in [5.41, 5.74) is 1.63. The summed E-state index contributed by atoms with van der Waals surface area (Å²) in [5.74, 6) is 2.17. The summed E-state index contributed by atoms with van der Waals surface area (Å²) < 4.78 is 11.2. The minimum atomic E-state index is -0.144. The van der Waals surface area contributed by atoms with Crippen LogP contribution in [-0.4, -0.2) is 62.6 Å². The molecule has 2 aromatic carbocycles. The van der Waals surface area contributed by atoms with Gasteiger partial charge in [-0.15, -0.1) is 0 Å². The highest BCUT2D eigenvalue weighted by Crippen LogP contribution is 2.39. The van der Waals surface area contributed by atoms with Gasteiger partial charge >= 0.3 is 0 Å². The van der Waals surface area contributed by atoms with Crippen LogP contribution in [0.2, 0.25) is 5.02 Å². The number of para-hydroxylation sites is 1. The highest BCUT2D eigenvalue weighted by atomic mass is 35.5. The number of hydrogen-bond donors (Lipinski definition) is 2. The first-order chi connectivity index (χ1) is 15.6. The molecular weight excluding hydrogens is 428 g/mol. The third-order valence-corrected chi connectivity index (χ3v) is 6.10. The minimum Gasteiger partial charge on any atom is -0.454 e. The van der Waals surface area contributed by atoms with Gasteiger partial charge in [-0.25, -0.2) is 4.99 Å². The van der Waals surface area contributed by atoms with Crippen molar-refractivity contribution < 1.29 is 14.3 Å². The van der Waals surface area contributed by atoms with Crippen LogP contribution in [0.1, 0.15) is 18.9 Å². The van der Waals surface area contributed by atoms with Crippen LogP contribution in [0.4, 0.5) is 5.69 Å². The molecule has 32 heavy (non-hydrogen) atoms. The molecular formula is C24H29ClN4O3. The molecule has 0 saturated carbocycles. The van der Waals surface area contributed by atoms with E-state index in [-0.39, 0.29) is 17.9 Å². The van der Waals surface area contributed by atoms with Crippen molar-refractivity contribution in [3.63, 3.8) is 0 Å². The quantitative estimate of drug-likeness (QED) is 0.650. The summed E-state index contributed by atoms with van der Waals surface area (Å²) in [6, 6.07) is 13.4. The third kappa shape index (κ3) is 4.90. The first-order valence-corrected chi connectivity index (χ1v) is 11.4. The van der Waals surface area contributed by atoms with Crippen LogP contribution in [0, 0.1) is 5.92 Å². The summed E-state index contributed by atoms with van der Waals surface area (Å²) in [4.78, 5) is 20.0. The number of amidine groups is 1. The lowest BCUT2D eigenvalue weighted by molar-refractivity contribution is -0.126. The van der Waals surface area contributed by atoms with Gasteiger partial charge in [0.25, 0.3) is 0 Å². The Morgan fingerprint density at radius 2 is 2.19 bits per heavy atom. The number of rotatable bonds is 6. The monoisotopic (exact) mass is 456 g/mol. The molecule has 0 spiro atoms. The minimum absolute atomic E-state index is 0.00848. The maximum atomic E-state index is 12.8. The Morgan fingerprint density at radius 1 is 1.34 bits per heavy atom. The predicted octanol–water partition coefficient (Wildman–Crippen LogP) is 3.59. The van der Waals surface area contributed by atoms with Gasteiger partial charge in [-0.3, -0.25) is 4.79 Å². The van der Waals surface area contributed by atoms with Crippen LogP contribution < -0.4 is 15.4 Å². The summed E-state index contributed by atoms with van der Waals surface area (Å²) in [6.45, 7) is 5.27. The first-order valence-electron chi connectivity index (χ1n) is 11.0.